The molecule has 2 unspecified atom stereocenters. The van der Waals surface area contributed by atoms with Crippen molar-refractivity contribution in [1.29, 1.82) is 0 Å². The van der Waals surface area contributed by atoms with E-state index in [9.17, 15) is 0 Å². The molecule has 2 nitrogen and oxygen atoms in total. The van der Waals surface area contributed by atoms with Crippen molar-refractivity contribution in [2.75, 3.05) is 5.75 Å². The molecule has 3 N–H and O–H groups in total. The molecular formula is C12H17ClN2S. The molecule has 0 saturated carbocycles. The number of rotatable bonds is 4. The highest BCUT2D eigenvalue weighted by Gasteiger charge is 2.24. The van der Waals surface area contributed by atoms with E-state index in [1.165, 1.54) is 24.2 Å². The summed E-state index contributed by atoms with van der Waals surface area (Å²) in [5.41, 5.74) is 4.20. The fraction of sp³-hybridized carbons (Fsp3) is 0.500. The van der Waals surface area contributed by atoms with Crippen LogP contribution < -0.4 is 11.3 Å². The van der Waals surface area contributed by atoms with Gasteiger partial charge in [-0.2, -0.15) is 11.8 Å². The van der Waals surface area contributed by atoms with Gasteiger partial charge in [0.2, 0.25) is 0 Å². The lowest BCUT2D eigenvalue weighted by Gasteiger charge is -2.22. The third-order valence-corrected chi connectivity index (χ3v) is 4.72. The van der Waals surface area contributed by atoms with Crippen LogP contribution in [0.4, 0.5) is 0 Å². The average Bonchev–Trinajstić information content (AvgIpc) is 2.79. The lowest BCUT2D eigenvalue weighted by Crippen LogP contribution is -2.43. The van der Waals surface area contributed by atoms with Crippen LogP contribution in [0.1, 0.15) is 18.4 Å². The molecule has 0 spiro atoms. The molecule has 0 aliphatic carbocycles. The van der Waals surface area contributed by atoms with Gasteiger partial charge in [0, 0.05) is 16.3 Å². The molecule has 1 aliphatic heterocycles. The molecule has 1 saturated heterocycles. The zero-order chi connectivity index (χ0) is 11.4. The second kappa shape index (κ2) is 5.92. The maximum absolute atomic E-state index is 5.97. The Morgan fingerprint density at radius 1 is 1.56 bits per heavy atom. The van der Waals surface area contributed by atoms with Crippen molar-refractivity contribution >= 4 is 23.4 Å². The van der Waals surface area contributed by atoms with Gasteiger partial charge in [-0.25, -0.2) is 0 Å². The molecule has 2 atom stereocenters. The maximum atomic E-state index is 5.97. The fourth-order valence-electron chi connectivity index (χ4n) is 2.14. The summed E-state index contributed by atoms with van der Waals surface area (Å²) in [5, 5.41) is 1.44. The molecule has 16 heavy (non-hydrogen) atoms. The van der Waals surface area contributed by atoms with Crippen molar-refractivity contribution in [3.05, 3.63) is 34.9 Å². The Hall–Kier alpha value is -0.220. The molecular weight excluding hydrogens is 240 g/mol. The SMILES string of the molecule is NNC(Cc1cccc(Cl)c1)C1CCCS1. The summed E-state index contributed by atoms with van der Waals surface area (Å²) < 4.78 is 0. The van der Waals surface area contributed by atoms with Gasteiger partial charge in [-0.3, -0.25) is 11.3 Å². The molecule has 1 heterocycles. The molecule has 4 heteroatoms. The monoisotopic (exact) mass is 256 g/mol. The Kier molecular flexibility index (Phi) is 4.53. The Morgan fingerprint density at radius 2 is 2.44 bits per heavy atom. The van der Waals surface area contributed by atoms with Crippen molar-refractivity contribution in [3.63, 3.8) is 0 Å². The predicted octanol–water partition coefficient (Wildman–Crippen LogP) is 2.61. The highest BCUT2D eigenvalue weighted by atomic mass is 35.5. The zero-order valence-corrected chi connectivity index (χ0v) is 10.7. The first-order chi connectivity index (χ1) is 7.79. The van der Waals surface area contributed by atoms with E-state index in [0.29, 0.717) is 11.3 Å². The number of thioether (sulfide) groups is 1. The fourth-order valence-corrected chi connectivity index (χ4v) is 3.72. The summed E-state index contributed by atoms with van der Waals surface area (Å²) in [7, 11) is 0. The zero-order valence-electron chi connectivity index (χ0n) is 9.16. The normalized spacial score (nSPS) is 22.2. The van der Waals surface area contributed by atoms with Gasteiger partial charge in [0.05, 0.1) is 0 Å². The molecule has 88 valence electrons. The van der Waals surface area contributed by atoms with Crippen molar-refractivity contribution in [1.82, 2.24) is 5.43 Å². The predicted molar refractivity (Wildman–Crippen MR) is 71.7 cm³/mol. The van der Waals surface area contributed by atoms with Crippen LogP contribution in [0, 0.1) is 0 Å². The van der Waals surface area contributed by atoms with Crippen molar-refractivity contribution in [3.8, 4) is 0 Å². The standard InChI is InChI=1S/C12H17ClN2S/c13-10-4-1-3-9(7-10)8-11(15-14)12-5-2-6-16-12/h1,3-4,7,11-12,15H,2,5-6,8,14H2. The first kappa shape index (κ1) is 12.2. The minimum absolute atomic E-state index is 0.353. The summed E-state index contributed by atoms with van der Waals surface area (Å²) in [5.74, 6) is 6.90. The minimum atomic E-state index is 0.353. The first-order valence-corrected chi connectivity index (χ1v) is 7.04. The summed E-state index contributed by atoms with van der Waals surface area (Å²) in [6, 6.07) is 8.38. The van der Waals surface area contributed by atoms with E-state index in [-0.39, 0.29) is 0 Å². The van der Waals surface area contributed by atoms with Crippen LogP contribution in [0.15, 0.2) is 24.3 Å². The number of nitrogens with one attached hydrogen (secondary N) is 1. The summed E-state index contributed by atoms with van der Waals surface area (Å²) in [6.45, 7) is 0. The maximum Gasteiger partial charge on any atom is 0.0408 e. The van der Waals surface area contributed by atoms with Gasteiger partial charge < -0.3 is 0 Å². The Labute approximate surface area is 106 Å². The molecule has 1 aromatic rings. The molecule has 0 bridgehead atoms. The van der Waals surface area contributed by atoms with E-state index in [1.807, 2.05) is 30.0 Å². The molecule has 1 fully saturated rings. The van der Waals surface area contributed by atoms with E-state index in [0.717, 1.165) is 11.4 Å². The van der Waals surface area contributed by atoms with Crippen LogP contribution in [0.25, 0.3) is 0 Å². The summed E-state index contributed by atoms with van der Waals surface area (Å²) >= 11 is 8.00. The molecule has 0 radical (unpaired) electrons. The van der Waals surface area contributed by atoms with Crippen molar-refractivity contribution < 1.29 is 0 Å². The molecule has 0 aromatic heterocycles. The summed E-state index contributed by atoms with van der Waals surface area (Å²) in [4.78, 5) is 0. The van der Waals surface area contributed by atoms with Gasteiger partial charge >= 0.3 is 0 Å². The number of hydrogen-bond acceptors (Lipinski definition) is 3. The number of nitrogens with two attached hydrogens (primary N) is 1. The topological polar surface area (TPSA) is 38.0 Å². The Balaban J connectivity index is 2.00. The number of halogens is 1. The van der Waals surface area contributed by atoms with Gasteiger partial charge in [0.15, 0.2) is 0 Å². The number of hydrogen-bond donors (Lipinski definition) is 2. The van der Waals surface area contributed by atoms with Crippen LogP contribution >= 0.6 is 23.4 Å². The van der Waals surface area contributed by atoms with Crippen molar-refractivity contribution in [2.24, 2.45) is 5.84 Å². The van der Waals surface area contributed by atoms with Gasteiger partial charge in [-0.1, -0.05) is 23.7 Å². The third kappa shape index (κ3) is 3.14. The van der Waals surface area contributed by atoms with Crippen LogP contribution in [0.2, 0.25) is 5.02 Å². The van der Waals surface area contributed by atoms with Gasteiger partial charge in [0.25, 0.3) is 0 Å². The van der Waals surface area contributed by atoms with Gasteiger partial charge in [0.1, 0.15) is 0 Å². The van der Waals surface area contributed by atoms with Crippen LogP contribution in [0.3, 0.4) is 0 Å². The third-order valence-electron chi connectivity index (χ3n) is 2.97. The van der Waals surface area contributed by atoms with E-state index in [1.54, 1.807) is 0 Å². The van der Waals surface area contributed by atoms with E-state index < -0.39 is 0 Å². The Morgan fingerprint density at radius 3 is 3.06 bits per heavy atom. The quantitative estimate of drug-likeness (QED) is 0.643. The second-order valence-electron chi connectivity index (χ2n) is 4.16. The van der Waals surface area contributed by atoms with Crippen molar-refractivity contribution in [2.45, 2.75) is 30.6 Å². The lowest BCUT2D eigenvalue weighted by molar-refractivity contribution is 0.496. The van der Waals surface area contributed by atoms with Gasteiger partial charge in [-0.05, 0) is 42.7 Å². The van der Waals surface area contributed by atoms with E-state index in [4.69, 9.17) is 17.4 Å². The second-order valence-corrected chi connectivity index (χ2v) is 5.94. The first-order valence-electron chi connectivity index (χ1n) is 5.62. The highest BCUT2D eigenvalue weighted by molar-refractivity contribution is 8.00. The molecule has 2 rings (SSSR count). The van der Waals surface area contributed by atoms with Crippen LogP contribution in [-0.2, 0) is 6.42 Å². The Bertz CT molecular complexity index is 340. The lowest BCUT2D eigenvalue weighted by atomic mass is 10.0. The highest BCUT2D eigenvalue weighted by Crippen LogP contribution is 2.30. The van der Waals surface area contributed by atoms with E-state index in [2.05, 4.69) is 11.5 Å². The molecule has 1 aromatic carbocycles. The average molecular weight is 257 g/mol. The van der Waals surface area contributed by atoms with Gasteiger partial charge in [-0.15, -0.1) is 0 Å². The number of benzene rings is 1. The summed E-state index contributed by atoms with van der Waals surface area (Å²) in [6.07, 6.45) is 3.53. The molecule has 0 amide bonds. The largest absolute Gasteiger partial charge is 0.271 e. The van der Waals surface area contributed by atoms with Crippen LogP contribution in [0.5, 0.6) is 0 Å². The van der Waals surface area contributed by atoms with Crippen LogP contribution in [-0.4, -0.2) is 17.0 Å². The van der Waals surface area contributed by atoms with E-state index >= 15 is 0 Å². The minimum Gasteiger partial charge on any atom is -0.271 e. The molecule has 1 aliphatic rings. The number of hydrazine groups is 1. The smallest absolute Gasteiger partial charge is 0.0408 e.